The summed E-state index contributed by atoms with van der Waals surface area (Å²) in [5.41, 5.74) is 7.13. The molecule has 1 aliphatic rings. The van der Waals surface area contributed by atoms with Crippen LogP contribution in [0.5, 0.6) is 0 Å². The minimum absolute atomic E-state index is 0.0879. The lowest BCUT2D eigenvalue weighted by Crippen LogP contribution is -2.52. The lowest BCUT2D eigenvalue weighted by atomic mass is 9.79. The molecule has 0 radical (unpaired) electrons. The van der Waals surface area contributed by atoms with E-state index in [1.807, 2.05) is 6.07 Å². The van der Waals surface area contributed by atoms with Crippen LogP contribution >= 0.6 is 0 Å². The molecule has 2 rings (SSSR count). The number of nitrogens with zero attached hydrogens (tertiary/aromatic N) is 1. The first-order valence-corrected chi connectivity index (χ1v) is 5.75. The summed E-state index contributed by atoms with van der Waals surface area (Å²) in [5.74, 6) is -0.176. The van der Waals surface area contributed by atoms with Crippen molar-refractivity contribution >= 4 is 5.69 Å². The van der Waals surface area contributed by atoms with Gasteiger partial charge < -0.3 is 10.6 Å². The third-order valence-electron chi connectivity index (χ3n) is 3.49. The summed E-state index contributed by atoms with van der Waals surface area (Å²) in [6, 6.07) is 7.01. The summed E-state index contributed by atoms with van der Waals surface area (Å²) in [7, 11) is 0. The summed E-state index contributed by atoms with van der Waals surface area (Å²) in [5, 5.41) is 0. The van der Waals surface area contributed by atoms with Crippen LogP contribution in [0.3, 0.4) is 0 Å². The molecular weight excluding hydrogens is 203 g/mol. The Hall–Kier alpha value is -1.09. The molecule has 1 heterocycles. The second kappa shape index (κ2) is 4.06. The Morgan fingerprint density at radius 3 is 2.81 bits per heavy atom. The minimum atomic E-state index is -0.176. The molecular formula is C13H19FN2. The summed E-state index contributed by atoms with van der Waals surface area (Å²) < 4.78 is 13.1. The van der Waals surface area contributed by atoms with Crippen LogP contribution < -0.4 is 10.6 Å². The predicted octanol–water partition coefficient (Wildman–Crippen LogP) is 2.39. The van der Waals surface area contributed by atoms with Crippen LogP contribution in [0, 0.1) is 11.2 Å². The summed E-state index contributed by atoms with van der Waals surface area (Å²) in [6.45, 7) is 6.14. The van der Waals surface area contributed by atoms with Crippen LogP contribution in [0.2, 0.25) is 0 Å². The molecule has 16 heavy (non-hydrogen) atoms. The van der Waals surface area contributed by atoms with Crippen LogP contribution in [0.15, 0.2) is 24.3 Å². The van der Waals surface area contributed by atoms with E-state index in [1.165, 1.54) is 6.07 Å². The van der Waals surface area contributed by atoms with Gasteiger partial charge in [0.15, 0.2) is 0 Å². The van der Waals surface area contributed by atoms with E-state index in [4.69, 9.17) is 5.73 Å². The number of halogens is 1. The normalized spacial score (nSPS) is 24.5. The molecule has 0 aliphatic carbocycles. The van der Waals surface area contributed by atoms with Gasteiger partial charge >= 0.3 is 0 Å². The Balaban J connectivity index is 2.18. The van der Waals surface area contributed by atoms with Crippen molar-refractivity contribution in [2.75, 3.05) is 18.0 Å². The van der Waals surface area contributed by atoms with Crippen molar-refractivity contribution in [1.82, 2.24) is 0 Å². The van der Waals surface area contributed by atoms with Crippen molar-refractivity contribution in [3.63, 3.8) is 0 Å². The maximum absolute atomic E-state index is 13.1. The Morgan fingerprint density at radius 1 is 1.44 bits per heavy atom. The van der Waals surface area contributed by atoms with Crippen molar-refractivity contribution in [3.8, 4) is 0 Å². The van der Waals surface area contributed by atoms with Gasteiger partial charge in [0.1, 0.15) is 5.82 Å². The predicted molar refractivity (Wildman–Crippen MR) is 65.0 cm³/mol. The number of hydrogen-bond donors (Lipinski definition) is 1. The van der Waals surface area contributed by atoms with E-state index in [0.717, 1.165) is 25.2 Å². The highest BCUT2D eigenvalue weighted by Gasteiger charge is 2.33. The van der Waals surface area contributed by atoms with Crippen molar-refractivity contribution in [3.05, 3.63) is 30.1 Å². The molecule has 0 bridgehead atoms. The highest BCUT2D eigenvalue weighted by atomic mass is 19.1. The van der Waals surface area contributed by atoms with E-state index in [1.54, 1.807) is 12.1 Å². The molecule has 3 heteroatoms. The molecule has 0 aromatic heterocycles. The molecule has 1 aromatic rings. The standard InChI is InChI=1S/C13H19FN2/c1-13(2)9-16(7-6-12(13)15)11-5-3-4-10(14)8-11/h3-5,8,12H,6-7,9,15H2,1-2H3. The fourth-order valence-electron chi connectivity index (χ4n) is 2.27. The topological polar surface area (TPSA) is 29.3 Å². The fraction of sp³-hybridized carbons (Fsp3) is 0.538. The highest BCUT2D eigenvalue weighted by Crippen LogP contribution is 2.30. The summed E-state index contributed by atoms with van der Waals surface area (Å²) >= 11 is 0. The van der Waals surface area contributed by atoms with E-state index >= 15 is 0 Å². The second-order valence-electron chi connectivity index (χ2n) is 5.29. The van der Waals surface area contributed by atoms with Gasteiger partial charge in [-0.1, -0.05) is 19.9 Å². The van der Waals surface area contributed by atoms with Gasteiger partial charge in [0, 0.05) is 24.8 Å². The number of nitrogens with two attached hydrogens (primary N) is 1. The maximum Gasteiger partial charge on any atom is 0.125 e. The average molecular weight is 222 g/mol. The third kappa shape index (κ3) is 2.19. The van der Waals surface area contributed by atoms with E-state index in [9.17, 15) is 4.39 Å². The van der Waals surface area contributed by atoms with Gasteiger partial charge in [-0.3, -0.25) is 0 Å². The summed E-state index contributed by atoms with van der Waals surface area (Å²) in [6.07, 6.45) is 0.962. The van der Waals surface area contributed by atoms with Crippen LogP contribution in [-0.4, -0.2) is 19.1 Å². The molecule has 2 N–H and O–H groups in total. The number of piperidine rings is 1. The first kappa shape index (κ1) is 11.4. The monoisotopic (exact) mass is 222 g/mol. The van der Waals surface area contributed by atoms with Gasteiger partial charge in [0.25, 0.3) is 0 Å². The molecule has 1 saturated heterocycles. The van der Waals surface area contributed by atoms with Crippen LogP contribution in [-0.2, 0) is 0 Å². The minimum Gasteiger partial charge on any atom is -0.371 e. The molecule has 2 nitrogen and oxygen atoms in total. The maximum atomic E-state index is 13.1. The quantitative estimate of drug-likeness (QED) is 0.790. The van der Waals surface area contributed by atoms with Crippen molar-refractivity contribution in [1.29, 1.82) is 0 Å². The van der Waals surface area contributed by atoms with Crippen LogP contribution in [0.1, 0.15) is 20.3 Å². The van der Waals surface area contributed by atoms with Crippen LogP contribution in [0.4, 0.5) is 10.1 Å². The highest BCUT2D eigenvalue weighted by molar-refractivity contribution is 5.47. The van der Waals surface area contributed by atoms with E-state index in [0.29, 0.717) is 0 Å². The zero-order valence-corrected chi connectivity index (χ0v) is 9.91. The second-order valence-corrected chi connectivity index (χ2v) is 5.29. The first-order chi connectivity index (χ1) is 7.49. The number of benzene rings is 1. The summed E-state index contributed by atoms with van der Waals surface area (Å²) in [4.78, 5) is 2.21. The van der Waals surface area contributed by atoms with Crippen molar-refractivity contribution in [2.24, 2.45) is 11.1 Å². The fourth-order valence-corrected chi connectivity index (χ4v) is 2.27. The Kier molecular flexibility index (Phi) is 2.89. The zero-order valence-electron chi connectivity index (χ0n) is 9.91. The molecule has 1 aliphatic heterocycles. The molecule has 1 unspecified atom stereocenters. The van der Waals surface area contributed by atoms with Crippen molar-refractivity contribution in [2.45, 2.75) is 26.3 Å². The van der Waals surface area contributed by atoms with E-state index < -0.39 is 0 Å². The van der Waals surface area contributed by atoms with Gasteiger partial charge in [-0.05, 0) is 30.0 Å². The number of hydrogen-bond acceptors (Lipinski definition) is 2. The molecule has 1 aromatic carbocycles. The SMILES string of the molecule is CC1(C)CN(c2cccc(F)c2)CCC1N. The molecule has 88 valence electrons. The third-order valence-corrected chi connectivity index (χ3v) is 3.49. The zero-order chi connectivity index (χ0) is 11.8. The van der Waals surface area contributed by atoms with Crippen molar-refractivity contribution < 1.29 is 4.39 Å². The lowest BCUT2D eigenvalue weighted by Gasteiger charge is -2.43. The van der Waals surface area contributed by atoms with Gasteiger partial charge in [-0.25, -0.2) is 4.39 Å². The molecule has 0 saturated carbocycles. The number of anilines is 1. The van der Waals surface area contributed by atoms with E-state index in [-0.39, 0.29) is 17.3 Å². The average Bonchev–Trinajstić information content (AvgIpc) is 2.22. The Bertz CT molecular complexity index is 376. The van der Waals surface area contributed by atoms with Gasteiger partial charge in [-0.2, -0.15) is 0 Å². The Morgan fingerprint density at radius 2 is 2.19 bits per heavy atom. The van der Waals surface area contributed by atoms with E-state index in [2.05, 4.69) is 18.7 Å². The van der Waals surface area contributed by atoms with Crippen LogP contribution in [0.25, 0.3) is 0 Å². The largest absolute Gasteiger partial charge is 0.371 e. The molecule has 1 fully saturated rings. The van der Waals surface area contributed by atoms with Gasteiger partial charge in [0.2, 0.25) is 0 Å². The Labute approximate surface area is 96.2 Å². The molecule has 0 spiro atoms. The molecule has 1 atom stereocenters. The lowest BCUT2D eigenvalue weighted by molar-refractivity contribution is 0.245. The molecule has 0 amide bonds. The van der Waals surface area contributed by atoms with Gasteiger partial charge in [-0.15, -0.1) is 0 Å². The number of rotatable bonds is 1. The van der Waals surface area contributed by atoms with Gasteiger partial charge in [0.05, 0.1) is 0 Å². The first-order valence-electron chi connectivity index (χ1n) is 5.75. The smallest absolute Gasteiger partial charge is 0.125 e.